The molecule has 3 rings (SSSR count). The van der Waals surface area contributed by atoms with Crippen molar-refractivity contribution < 1.29 is 9.59 Å². The molecule has 148 valence electrons. The molecule has 1 aliphatic rings. The van der Waals surface area contributed by atoms with Crippen molar-refractivity contribution in [1.29, 1.82) is 0 Å². The Hall–Kier alpha value is -1.98. The maximum absolute atomic E-state index is 13.1. The number of benzene rings is 2. The molecule has 4 nitrogen and oxygen atoms in total. The zero-order valence-electron chi connectivity index (χ0n) is 16.3. The highest BCUT2D eigenvalue weighted by Gasteiger charge is 2.43. The molecular weight excluding hydrogens is 392 g/mol. The Morgan fingerprint density at radius 3 is 2.36 bits per heavy atom. The largest absolute Gasteiger partial charge is 0.348 e. The van der Waals surface area contributed by atoms with Crippen LogP contribution in [0, 0.1) is 5.92 Å². The Bertz CT molecular complexity index is 843. The molecule has 1 aliphatic heterocycles. The van der Waals surface area contributed by atoms with Crippen LogP contribution in [0.15, 0.2) is 54.6 Å². The number of rotatable bonds is 5. The van der Waals surface area contributed by atoms with Crippen LogP contribution in [0.2, 0.25) is 5.02 Å². The van der Waals surface area contributed by atoms with Crippen LogP contribution in [-0.4, -0.2) is 28.5 Å². The van der Waals surface area contributed by atoms with Gasteiger partial charge < -0.3 is 10.2 Å². The lowest BCUT2D eigenvalue weighted by molar-refractivity contribution is -0.142. The lowest BCUT2D eigenvalue weighted by Crippen LogP contribution is -2.49. The molecule has 1 N–H and O–H groups in total. The van der Waals surface area contributed by atoms with Crippen molar-refractivity contribution in [3.8, 4) is 0 Å². The third-order valence-electron chi connectivity index (χ3n) is 4.88. The van der Waals surface area contributed by atoms with Crippen molar-refractivity contribution in [2.45, 2.75) is 38.2 Å². The zero-order chi connectivity index (χ0) is 20.3. The topological polar surface area (TPSA) is 49.4 Å². The molecule has 1 fully saturated rings. The summed E-state index contributed by atoms with van der Waals surface area (Å²) in [6, 6.07) is 16.7. The number of hydrogen-bond donors (Lipinski definition) is 1. The van der Waals surface area contributed by atoms with Crippen LogP contribution < -0.4 is 5.32 Å². The van der Waals surface area contributed by atoms with Gasteiger partial charge in [-0.25, -0.2) is 0 Å². The standard InChI is InChI=1S/C22H25ClN2O2S/c1-14(2)21(27)25-19(13-28-22(25)17-11-7-8-12-18(17)23)20(26)24-15(3)16-9-5-4-6-10-16/h4-12,14-15,19,22H,13H2,1-3H3,(H,24,26)/t15-,19-,22+/m0/s1. The number of carbonyl (C=O) groups is 2. The maximum atomic E-state index is 13.1. The van der Waals surface area contributed by atoms with E-state index in [-0.39, 0.29) is 29.1 Å². The molecule has 0 aromatic heterocycles. The molecular formula is C22H25ClN2O2S. The van der Waals surface area contributed by atoms with E-state index in [2.05, 4.69) is 5.32 Å². The molecule has 2 amide bonds. The summed E-state index contributed by atoms with van der Waals surface area (Å²) < 4.78 is 0. The van der Waals surface area contributed by atoms with Crippen LogP contribution in [0.3, 0.4) is 0 Å². The van der Waals surface area contributed by atoms with E-state index in [1.54, 1.807) is 16.7 Å². The van der Waals surface area contributed by atoms with E-state index in [0.717, 1.165) is 11.1 Å². The van der Waals surface area contributed by atoms with Crippen LogP contribution in [0.1, 0.15) is 43.3 Å². The van der Waals surface area contributed by atoms with E-state index in [4.69, 9.17) is 11.6 Å². The number of nitrogens with zero attached hydrogens (tertiary/aromatic N) is 1. The van der Waals surface area contributed by atoms with Crippen LogP contribution in [0.25, 0.3) is 0 Å². The van der Waals surface area contributed by atoms with Crippen LogP contribution >= 0.6 is 23.4 Å². The summed E-state index contributed by atoms with van der Waals surface area (Å²) in [7, 11) is 0. The fourth-order valence-corrected chi connectivity index (χ4v) is 5.10. The van der Waals surface area contributed by atoms with Gasteiger partial charge in [-0.2, -0.15) is 0 Å². The van der Waals surface area contributed by atoms with E-state index < -0.39 is 6.04 Å². The minimum atomic E-state index is -0.521. The molecule has 0 unspecified atom stereocenters. The van der Waals surface area contributed by atoms with Gasteiger partial charge in [-0.05, 0) is 18.6 Å². The number of amides is 2. The fourth-order valence-electron chi connectivity index (χ4n) is 3.33. The first-order valence-corrected chi connectivity index (χ1v) is 10.9. The molecule has 0 spiro atoms. The van der Waals surface area contributed by atoms with E-state index in [0.29, 0.717) is 10.8 Å². The Morgan fingerprint density at radius 1 is 1.07 bits per heavy atom. The summed E-state index contributed by atoms with van der Waals surface area (Å²) >= 11 is 7.98. The van der Waals surface area contributed by atoms with E-state index in [1.165, 1.54) is 0 Å². The quantitative estimate of drug-likeness (QED) is 0.760. The first kappa shape index (κ1) is 20.7. The van der Waals surface area contributed by atoms with Crippen molar-refractivity contribution >= 4 is 35.2 Å². The van der Waals surface area contributed by atoms with Gasteiger partial charge in [0.15, 0.2) is 0 Å². The van der Waals surface area contributed by atoms with E-state index in [9.17, 15) is 9.59 Å². The number of halogens is 1. The number of carbonyl (C=O) groups excluding carboxylic acids is 2. The molecule has 1 saturated heterocycles. The summed E-state index contributed by atoms with van der Waals surface area (Å²) in [6.07, 6.45) is 0. The Labute approximate surface area is 175 Å². The number of thioether (sulfide) groups is 1. The fraction of sp³-hybridized carbons (Fsp3) is 0.364. The van der Waals surface area contributed by atoms with Gasteiger partial charge in [0.1, 0.15) is 11.4 Å². The molecule has 0 bridgehead atoms. The smallest absolute Gasteiger partial charge is 0.244 e. The van der Waals surface area contributed by atoms with Gasteiger partial charge >= 0.3 is 0 Å². The lowest BCUT2D eigenvalue weighted by atomic mass is 10.1. The third-order valence-corrected chi connectivity index (χ3v) is 6.53. The van der Waals surface area contributed by atoms with Gasteiger partial charge in [0.2, 0.25) is 11.8 Å². The molecule has 0 radical (unpaired) electrons. The average Bonchev–Trinajstić information content (AvgIpc) is 3.13. The summed E-state index contributed by atoms with van der Waals surface area (Å²) in [5.41, 5.74) is 1.90. The molecule has 0 saturated carbocycles. The monoisotopic (exact) mass is 416 g/mol. The second-order valence-electron chi connectivity index (χ2n) is 7.26. The molecule has 6 heteroatoms. The summed E-state index contributed by atoms with van der Waals surface area (Å²) in [5.74, 6) is 0.169. The van der Waals surface area contributed by atoms with Gasteiger partial charge in [0, 0.05) is 22.3 Å². The second-order valence-corrected chi connectivity index (χ2v) is 8.78. The van der Waals surface area contributed by atoms with Crippen LogP contribution in [0.5, 0.6) is 0 Å². The predicted octanol–water partition coefficient (Wildman–Crippen LogP) is 4.82. The van der Waals surface area contributed by atoms with Gasteiger partial charge in [-0.1, -0.05) is 74.0 Å². The minimum Gasteiger partial charge on any atom is -0.348 e. The number of nitrogens with one attached hydrogen (secondary N) is 1. The number of hydrogen-bond acceptors (Lipinski definition) is 3. The van der Waals surface area contributed by atoms with Gasteiger partial charge in [0.05, 0.1) is 6.04 Å². The van der Waals surface area contributed by atoms with E-state index >= 15 is 0 Å². The SMILES string of the molecule is CC(C)C(=O)N1[C@@H](c2ccccc2Cl)SC[C@H]1C(=O)N[C@@H](C)c1ccccc1. The van der Waals surface area contributed by atoms with Crippen molar-refractivity contribution in [2.24, 2.45) is 5.92 Å². The highest BCUT2D eigenvalue weighted by molar-refractivity contribution is 7.99. The van der Waals surface area contributed by atoms with Gasteiger partial charge in [-0.15, -0.1) is 11.8 Å². The van der Waals surface area contributed by atoms with Crippen molar-refractivity contribution in [1.82, 2.24) is 10.2 Å². The maximum Gasteiger partial charge on any atom is 0.244 e. The van der Waals surface area contributed by atoms with Crippen LogP contribution in [-0.2, 0) is 9.59 Å². The molecule has 0 aliphatic carbocycles. The Morgan fingerprint density at radius 2 is 1.71 bits per heavy atom. The highest BCUT2D eigenvalue weighted by atomic mass is 35.5. The predicted molar refractivity (Wildman–Crippen MR) is 115 cm³/mol. The Balaban J connectivity index is 1.84. The summed E-state index contributed by atoms with van der Waals surface area (Å²) in [6.45, 7) is 5.67. The van der Waals surface area contributed by atoms with Gasteiger partial charge in [-0.3, -0.25) is 9.59 Å². The molecule has 2 aromatic carbocycles. The Kier molecular flexibility index (Phi) is 6.68. The summed E-state index contributed by atoms with van der Waals surface area (Å²) in [5, 5.41) is 3.42. The molecule has 1 heterocycles. The van der Waals surface area contributed by atoms with Crippen molar-refractivity contribution in [2.75, 3.05) is 5.75 Å². The van der Waals surface area contributed by atoms with Crippen molar-refractivity contribution in [3.63, 3.8) is 0 Å². The van der Waals surface area contributed by atoms with Crippen LogP contribution in [0.4, 0.5) is 0 Å². The minimum absolute atomic E-state index is 0.0394. The first-order valence-electron chi connectivity index (χ1n) is 9.43. The molecule has 28 heavy (non-hydrogen) atoms. The van der Waals surface area contributed by atoms with E-state index in [1.807, 2.05) is 75.4 Å². The third kappa shape index (κ3) is 4.36. The summed E-state index contributed by atoms with van der Waals surface area (Å²) in [4.78, 5) is 27.8. The molecule has 2 aromatic rings. The lowest BCUT2D eigenvalue weighted by Gasteiger charge is -2.31. The van der Waals surface area contributed by atoms with Crippen molar-refractivity contribution in [3.05, 3.63) is 70.7 Å². The van der Waals surface area contributed by atoms with Gasteiger partial charge in [0.25, 0.3) is 0 Å². The molecule has 3 atom stereocenters. The zero-order valence-corrected chi connectivity index (χ0v) is 17.8. The normalized spacial score (nSPS) is 20.2. The second kappa shape index (κ2) is 9.01. The first-order chi connectivity index (χ1) is 13.4. The average molecular weight is 417 g/mol. The highest BCUT2D eigenvalue weighted by Crippen LogP contribution is 2.44.